The van der Waals surface area contributed by atoms with Gasteiger partial charge in [0.1, 0.15) is 23.9 Å². The first kappa shape index (κ1) is 14.1. The lowest BCUT2D eigenvalue weighted by Gasteiger charge is -2.12. The van der Waals surface area contributed by atoms with Gasteiger partial charge in [0.25, 0.3) is 0 Å². The van der Waals surface area contributed by atoms with Crippen molar-refractivity contribution in [1.29, 1.82) is 0 Å². The van der Waals surface area contributed by atoms with E-state index in [0.29, 0.717) is 5.56 Å². The highest BCUT2D eigenvalue weighted by Crippen LogP contribution is 2.38. The number of carbonyl (C=O) groups excluding carboxylic acids is 1. The largest absolute Gasteiger partial charge is 0.496 e. The summed E-state index contributed by atoms with van der Waals surface area (Å²) in [4.78, 5) is 12.7. The Hall–Kier alpha value is -1.88. The third-order valence-electron chi connectivity index (χ3n) is 3.52. The number of ether oxygens (including phenoxy) is 2. The second kappa shape index (κ2) is 5.48. The van der Waals surface area contributed by atoms with Gasteiger partial charge in [0.2, 0.25) is 0 Å². The summed E-state index contributed by atoms with van der Waals surface area (Å²) in [6.07, 6.45) is 0. The number of hydrogen-bond donors (Lipinski definition) is 0. The highest BCUT2D eigenvalue weighted by atomic mass is 79.9. The van der Waals surface area contributed by atoms with Crippen molar-refractivity contribution in [3.8, 4) is 11.5 Å². The minimum Gasteiger partial charge on any atom is -0.496 e. The fourth-order valence-corrected chi connectivity index (χ4v) is 2.80. The Balaban J connectivity index is 2.02. The predicted octanol–water partition coefficient (Wildman–Crippen LogP) is 3.96. The molecule has 0 saturated heterocycles. The van der Waals surface area contributed by atoms with Crippen LogP contribution < -0.4 is 9.47 Å². The summed E-state index contributed by atoms with van der Waals surface area (Å²) in [5, 5.41) is 0. The average molecular weight is 351 g/mol. The molecule has 3 rings (SSSR count). The van der Waals surface area contributed by atoms with Gasteiger partial charge in [-0.15, -0.1) is 0 Å². The Kier molecular flexibility index (Phi) is 3.68. The van der Waals surface area contributed by atoms with Crippen LogP contribution in [0.1, 0.15) is 21.8 Å². The highest BCUT2D eigenvalue weighted by Gasteiger charge is 2.32. The van der Waals surface area contributed by atoms with E-state index in [4.69, 9.17) is 9.47 Å². The lowest BCUT2D eigenvalue weighted by molar-refractivity contribution is 0.0944. The first-order valence-corrected chi connectivity index (χ1v) is 7.20. The molecule has 5 heteroatoms. The van der Waals surface area contributed by atoms with Crippen molar-refractivity contribution in [3.05, 3.63) is 57.8 Å². The second-order valence-corrected chi connectivity index (χ2v) is 5.59. The molecular weight excluding hydrogens is 339 g/mol. The van der Waals surface area contributed by atoms with Gasteiger partial charge in [-0.2, -0.15) is 0 Å². The molecule has 2 aromatic rings. The minimum absolute atomic E-state index is 0.141. The van der Waals surface area contributed by atoms with Crippen LogP contribution in [0, 0.1) is 5.82 Å². The maximum absolute atomic E-state index is 13.6. The van der Waals surface area contributed by atoms with Crippen LogP contribution in [0.2, 0.25) is 0 Å². The first-order valence-electron chi connectivity index (χ1n) is 6.40. The molecule has 0 saturated carbocycles. The van der Waals surface area contributed by atoms with Crippen molar-refractivity contribution in [3.63, 3.8) is 0 Å². The third-order valence-corrected chi connectivity index (χ3v) is 4.13. The molecule has 1 heterocycles. The molecule has 0 radical (unpaired) electrons. The molecule has 0 amide bonds. The lowest BCUT2D eigenvalue weighted by Crippen LogP contribution is -2.15. The monoisotopic (exact) mass is 350 g/mol. The molecule has 1 unspecified atom stereocenters. The summed E-state index contributed by atoms with van der Waals surface area (Å²) in [5.74, 6) is -0.0579. The fourth-order valence-electron chi connectivity index (χ4n) is 2.46. The molecule has 1 atom stereocenters. The molecule has 1 aliphatic rings. The van der Waals surface area contributed by atoms with Crippen molar-refractivity contribution in [2.45, 2.75) is 5.92 Å². The van der Waals surface area contributed by atoms with E-state index in [1.165, 1.54) is 19.2 Å². The molecule has 0 fully saturated rings. The first-order chi connectivity index (χ1) is 10.1. The van der Waals surface area contributed by atoms with E-state index in [1.807, 2.05) is 24.3 Å². The van der Waals surface area contributed by atoms with Crippen LogP contribution in [0.25, 0.3) is 0 Å². The van der Waals surface area contributed by atoms with Gasteiger partial charge in [-0.25, -0.2) is 4.39 Å². The predicted molar refractivity (Wildman–Crippen MR) is 79.7 cm³/mol. The van der Waals surface area contributed by atoms with Crippen LogP contribution in [0.5, 0.6) is 11.5 Å². The van der Waals surface area contributed by atoms with Gasteiger partial charge in [0.15, 0.2) is 5.78 Å². The molecule has 1 aliphatic heterocycles. The quantitative estimate of drug-likeness (QED) is 0.786. The summed E-state index contributed by atoms with van der Waals surface area (Å²) in [6.45, 7) is 0.288. The summed E-state index contributed by atoms with van der Waals surface area (Å²) in [6, 6.07) is 10.1. The van der Waals surface area contributed by atoms with Gasteiger partial charge < -0.3 is 9.47 Å². The van der Waals surface area contributed by atoms with E-state index in [2.05, 4.69) is 15.9 Å². The summed E-state index contributed by atoms with van der Waals surface area (Å²) in [5.41, 5.74) is 1.20. The van der Waals surface area contributed by atoms with Gasteiger partial charge in [-0.3, -0.25) is 4.79 Å². The number of Topliss-reactive ketones (excluding diaryl/α,β-unsaturated/α-hetero) is 1. The molecule has 0 aromatic heterocycles. The molecule has 0 N–H and O–H groups in total. The number of fused-ring (bicyclic) bond motifs is 1. The minimum atomic E-state index is -0.466. The van der Waals surface area contributed by atoms with E-state index >= 15 is 0 Å². The van der Waals surface area contributed by atoms with E-state index < -0.39 is 11.7 Å². The Labute approximate surface area is 129 Å². The zero-order valence-corrected chi connectivity index (χ0v) is 12.8. The average Bonchev–Trinajstić information content (AvgIpc) is 2.92. The number of hydrogen-bond acceptors (Lipinski definition) is 3. The zero-order chi connectivity index (χ0) is 15.0. The van der Waals surface area contributed by atoms with E-state index in [-0.39, 0.29) is 22.6 Å². The Morgan fingerprint density at radius 3 is 2.90 bits per heavy atom. The van der Waals surface area contributed by atoms with E-state index in [0.717, 1.165) is 11.3 Å². The van der Waals surface area contributed by atoms with Gasteiger partial charge in [-0.1, -0.05) is 18.2 Å². The molecule has 0 bridgehead atoms. The molecule has 2 aromatic carbocycles. The number of benzene rings is 2. The standard InChI is InChI=1S/C16H12BrFO3/c1-20-15-7-13(18)12(17)6-10(15)16(19)11-8-21-14-5-3-2-4-9(11)14/h2-7,11H,8H2,1H3. The topological polar surface area (TPSA) is 35.5 Å². The van der Waals surface area contributed by atoms with E-state index in [9.17, 15) is 9.18 Å². The Bertz CT molecular complexity index is 715. The smallest absolute Gasteiger partial charge is 0.177 e. The second-order valence-electron chi connectivity index (χ2n) is 4.73. The van der Waals surface area contributed by atoms with Crippen LogP contribution in [0.4, 0.5) is 4.39 Å². The van der Waals surface area contributed by atoms with E-state index in [1.54, 1.807) is 0 Å². The highest BCUT2D eigenvalue weighted by molar-refractivity contribution is 9.10. The molecule has 0 aliphatic carbocycles. The molecule has 21 heavy (non-hydrogen) atoms. The molecule has 0 spiro atoms. The number of rotatable bonds is 3. The van der Waals surface area contributed by atoms with Gasteiger partial charge in [-0.05, 0) is 28.1 Å². The molecule has 3 nitrogen and oxygen atoms in total. The Morgan fingerprint density at radius 1 is 1.38 bits per heavy atom. The van der Waals surface area contributed by atoms with Crippen LogP contribution in [0.3, 0.4) is 0 Å². The lowest BCUT2D eigenvalue weighted by atomic mass is 9.92. The number of carbonyl (C=O) groups is 1. The van der Waals surface area contributed by atoms with Gasteiger partial charge in [0, 0.05) is 11.6 Å². The zero-order valence-electron chi connectivity index (χ0n) is 11.2. The summed E-state index contributed by atoms with van der Waals surface area (Å²) in [7, 11) is 1.42. The van der Waals surface area contributed by atoms with Crippen LogP contribution in [-0.4, -0.2) is 19.5 Å². The SMILES string of the molecule is COc1cc(F)c(Br)cc1C(=O)C1COc2ccccc21. The van der Waals surface area contributed by atoms with Gasteiger partial charge in [0.05, 0.1) is 23.1 Å². The Morgan fingerprint density at radius 2 is 2.14 bits per heavy atom. The van der Waals surface area contributed by atoms with Gasteiger partial charge >= 0.3 is 0 Å². The maximum atomic E-state index is 13.6. The number of methoxy groups -OCH3 is 1. The summed E-state index contributed by atoms with van der Waals surface area (Å²) < 4.78 is 24.5. The normalized spacial score (nSPS) is 16.2. The van der Waals surface area contributed by atoms with Crippen molar-refractivity contribution >= 4 is 21.7 Å². The van der Waals surface area contributed by atoms with Crippen LogP contribution in [0.15, 0.2) is 40.9 Å². The fraction of sp³-hybridized carbons (Fsp3) is 0.188. The maximum Gasteiger partial charge on any atom is 0.177 e. The number of para-hydroxylation sites is 1. The van der Waals surface area contributed by atoms with Crippen LogP contribution in [-0.2, 0) is 0 Å². The molecule has 108 valence electrons. The summed E-state index contributed by atoms with van der Waals surface area (Å²) >= 11 is 3.10. The van der Waals surface area contributed by atoms with Crippen molar-refractivity contribution in [1.82, 2.24) is 0 Å². The number of halogens is 2. The van der Waals surface area contributed by atoms with Crippen LogP contribution >= 0.6 is 15.9 Å². The number of ketones is 1. The van der Waals surface area contributed by atoms with Crippen molar-refractivity contribution < 1.29 is 18.7 Å². The van der Waals surface area contributed by atoms with Crippen molar-refractivity contribution in [2.75, 3.05) is 13.7 Å². The third kappa shape index (κ3) is 2.42. The molecular formula is C16H12BrFO3. The van der Waals surface area contributed by atoms with Crippen molar-refractivity contribution in [2.24, 2.45) is 0 Å².